The lowest BCUT2D eigenvalue weighted by Crippen LogP contribution is -1.93. The van der Waals surface area contributed by atoms with E-state index in [1.807, 2.05) is 0 Å². The van der Waals surface area contributed by atoms with Gasteiger partial charge in [0.2, 0.25) is 0 Å². The van der Waals surface area contributed by atoms with Crippen LogP contribution in [0.25, 0.3) is 22.4 Å². The van der Waals surface area contributed by atoms with Gasteiger partial charge in [0.05, 0.1) is 17.6 Å². The van der Waals surface area contributed by atoms with Crippen molar-refractivity contribution in [2.24, 2.45) is 0 Å². The maximum Gasteiger partial charge on any atom is 0.141 e. The quantitative estimate of drug-likeness (QED) is 0.444. The molecule has 17 heavy (non-hydrogen) atoms. The van der Waals surface area contributed by atoms with Gasteiger partial charge in [-0.3, -0.25) is 0 Å². The van der Waals surface area contributed by atoms with Gasteiger partial charge in [-0.05, 0) is 24.1 Å². The Bertz CT molecular complexity index is 738. The number of fused-ring (bicyclic) bond motifs is 5. The van der Waals surface area contributed by atoms with E-state index in [4.69, 9.17) is 4.98 Å². The molecule has 3 aromatic rings. The Morgan fingerprint density at radius 3 is 2.88 bits per heavy atom. The zero-order valence-corrected chi connectivity index (χ0v) is 9.64. The SMILES string of the molecule is Cc1cccc2nc3n(c12)Cc1ccccc1-3. The predicted octanol–water partition coefficient (Wildman–Crippen LogP) is 3.37. The molecular weight excluding hydrogens is 208 g/mol. The van der Waals surface area contributed by atoms with Crippen molar-refractivity contribution in [3.05, 3.63) is 53.6 Å². The van der Waals surface area contributed by atoms with Crippen LogP contribution in [0.3, 0.4) is 0 Å². The van der Waals surface area contributed by atoms with Gasteiger partial charge in [-0.15, -0.1) is 0 Å². The highest BCUT2D eigenvalue weighted by Crippen LogP contribution is 2.35. The average molecular weight is 220 g/mol. The Labute approximate surface area is 99.5 Å². The molecule has 0 aliphatic carbocycles. The zero-order valence-electron chi connectivity index (χ0n) is 9.64. The minimum absolute atomic E-state index is 0.951. The molecule has 0 radical (unpaired) electrons. The van der Waals surface area contributed by atoms with Crippen molar-refractivity contribution in [3.8, 4) is 11.4 Å². The molecule has 0 fully saturated rings. The fourth-order valence-electron chi connectivity index (χ4n) is 2.77. The van der Waals surface area contributed by atoms with Gasteiger partial charge in [0.1, 0.15) is 5.82 Å². The molecular formula is C15H12N2. The number of rotatable bonds is 0. The smallest absolute Gasteiger partial charge is 0.141 e. The van der Waals surface area contributed by atoms with Gasteiger partial charge in [-0.1, -0.05) is 36.4 Å². The Morgan fingerprint density at radius 1 is 1.06 bits per heavy atom. The van der Waals surface area contributed by atoms with Gasteiger partial charge in [-0.2, -0.15) is 0 Å². The summed E-state index contributed by atoms with van der Waals surface area (Å²) in [6, 6.07) is 14.9. The second-order valence-electron chi connectivity index (χ2n) is 4.62. The van der Waals surface area contributed by atoms with E-state index in [0.29, 0.717) is 0 Å². The summed E-state index contributed by atoms with van der Waals surface area (Å²) in [6.07, 6.45) is 0. The molecule has 2 heteroatoms. The standard InChI is InChI=1S/C15H12N2/c1-10-5-4-8-13-14(10)17-9-11-6-2-3-7-12(11)15(17)16-13/h2-8H,9H2,1H3. The first-order chi connectivity index (χ1) is 8.34. The van der Waals surface area contributed by atoms with Crippen molar-refractivity contribution in [3.63, 3.8) is 0 Å². The minimum Gasteiger partial charge on any atom is -0.319 e. The van der Waals surface area contributed by atoms with Crippen LogP contribution in [0.1, 0.15) is 11.1 Å². The molecule has 0 bridgehead atoms. The lowest BCUT2D eigenvalue weighted by Gasteiger charge is -2.01. The summed E-state index contributed by atoms with van der Waals surface area (Å²) >= 11 is 0. The maximum atomic E-state index is 4.76. The number of aryl methyl sites for hydroxylation is 1. The van der Waals surface area contributed by atoms with Crippen LogP contribution >= 0.6 is 0 Å². The molecule has 2 heterocycles. The van der Waals surface area contributed by atoms with Crippen LogP contribution in [0.5, 0.6) is 0 Å². The first-order valence-electron chi connectivity index (χ1n) is 5.89. The van der Waals surface area contributed by atoms with E-state index >= 15 is 0 Å². The zero-order chi connectivity index (χ0) is 11.4. The molecule has 82 valence electrons. The fraction of sp³-hybridized carbons (Fsp3) is 0.133. The minimum atomic E-state index is 0.951. The fourth-order valence-corrected chi connectivity index (χ4v) is 2.77. The van der Waals surface area contributed by atoms with Crippen LogP contribution in [0.4, 0.5) is 0 Å². The summed E-state index contributed by atoms with van der Waals surface area (Å²) in [5.41, 5.74) is 6.34. The number of nitrogens with zero attached hydrogens (tertiary/aromatic N) is 2. The number of aromatic nitrogens is 2. The van der Waals surface area contributed by atoms with Crippen LogP contribution < -0.4 is 0 Å². The second-order valence-corrected chi connectivity index (χ2v) is 4.62. The number of imidazole rings is 1. The first-order valence-corrected chi connectivity index (χ1v) is 5.89. The van der Waals surface area contributed by atoms with E-state index in [1.54, 1.807) is 0 Å². The summed E-state index contributed by atoms with van der Waals surface area (Å²) in [6.45, 7) is 3.10. The second kappa shape index (κ2) is 2.98. The van der Waals surface area contributed by atoms with Gasteiger partial charge >= 0.3 is 0 Å². The van der Waals surface area contributed by atoms with Gasteiger partial charge < -0.3 is 4.57 Å². The van der Waals surface area contributed by atoms with Gasteiger partial charge in [0, 0.05) is 5.56 Å². The van der Waals surface area contributed by atoms with E-state index in [0.717, 1.165) is 17.9 Å². The van der Waals surface area contributed by atoms with Crippen molar-refractivity contribution in [2.45, 2.75) is 13.5 Å². The normalized spacial score (nSPS) is 12.8. The molecule has 1 aliphatic heterocycles. The molecule has 0 saturated carbocycles. The van der Waals surface area contributed by atoms with Crippen LogP contribution in [0.15, 0.2) is 42.5 Å². The monoisotopic (exact) mass is 220 g/mol. The lowest BCUT2D eigenvalue weighted by atomic mass is 10.1. The van der Waals surface area contributed by atoms with Crippen molar-refractivity contribution >= 4 is 11.0 Å². The third-order valence-corrected chi connectivity index (χ3v) is 3.56. The summed E-state index contributed by atoms with van der Waals surface area (Å²) in [5, 5.41) is 0. The van der Waals surface area contributed by atoms with Crippen LogP contribution in [-0.4, -0.2) is 9.55 Å². The van der Waals surface area contributed by atoms with Crippen molar-refractivity contribution in [1.29, 1.82) is 0 Å². The maximum absolute atomic E-state index is 4.76. The molecule has 1 aromatic heterocycles. The van der Waals surface area contributed by atoms with E-state index in [1.165, 1.54) is 22.2 Å². The van der Waals surface area contributed by atoms with Crippen LogP contribution in [0, 0.1) is 6.92 Å². The van der Waals surface area contributed by atoms with Gasteiger partial charge in [0.15, 0.2) is 0 Å². The van der Waals surface area contributed by atoms with Gasteiger partial charge in [0.25, 0.3) is 0 Å². The summed E-state index contributed by atoms with van der Waals surface area (Å²) in [4.78, 5) is 4.76. The highest BCUT2D eigenvalue weighted by molar-refractivity contribution is 5.85. The number of para-hydroxylation sites is 1. The lowest BCUT2D eigenvalue weighted by molar-refractivity contribution is 0.876. The van der Waals surface area contributed by atoms with Crippen molar-refractivity contribution < 1.29 is 0 Å². The molecule has 2 nitrogen and oxygen atoms in total. The summed E-state index contributed by atoms with van der Waals surface area (Å²) < 4.78 is 2.33. The Hall–Kier alpha value is -2.09. The molecule has 0 N–H and O–H groups in total. The van der Waals surface area contributed by atoms with E-state index in [9.17, 15) is 0 Å². The molecule has 0 spiro atoms. The summed E-state index contributed by atoms with van der Waals surface area (Å²) in [7, 11) is 0. The van der Waals surface area contributed by atoms with Crippen LogP contribution in [-0.2, 0) is 6.54 Å². The third-order valence-electron chi connectivity index (χ3n) is 3.56. The molecule has 0 saturated heterocycles. The molecule has 0 atom stereocenters. The average Bonchev–Trinajstić information content (AvgIpc) is 2.85. The van der Waals surface area contributed by atoms with Gasteiger partial charge in [-0.25, -0.2) is 4.98 Å². The van der Waals surface area contributed by atoms with E-state index in [2.05, 4.69) is 54.0 Å². The first kappa shape index (κ1) is 8.99. The molecule has 1 aliphatic rings. The van der Waals surface area contributed by atoms with Crippen molar-refractivity contribution in [1.82, 2.24) is 9.55 Å². The predicted molar refractivity (Wildman–Crippen MR) is 69.0 cm³/mol. The highest BCUT2D eigenvalue weighted by atomic mass is 15.1. The Kier molecular flexibility index (Phi) is 1.57. The number of benzene rings is 2. The Balaban J connectivity index is 2.13. The number of hydrogen-bond acceptors (Lipinski definition) is 1. The largest absolute Gasteiger partial charge is 0.319 e. The molecule has 0 unspecified atom stereocenters. The van der Waals surface area contributed by atoms with E-state index in [-0.39, 0.29) is 0 Å². The molecule has 2 aromatic carbocycles. The molecule has 0 amide bonds. The van der Waals surface area contributed by atoms with Crippen LogP contribution in [0.2, 0.25) is 0 Å². The number of hydrogen-bond donors (Lipinski definition) is 0. The molecule has 4 rings (SSSR count). The third kappa shape index (κ3) is 1.07. The van der Waals surface area contributed by atoms with E-state index < -0.39 is 0 Å². The van der Waals surface area contributed by atoms with Crippen molar-refractivity contribution in [2.75, 3.05) is 0 Å². The summed E-state index contributed by atoms with van der Waals surface area (Å²) in [5.74, 6) is 1.12. The Morgan fingerprint density at radius 2 is 1.94 bits per heavy atom. The topological polar surface area (TPSA) is 17.8 Å². The highest BCUT2D eigenvalue weighted by Gasteiger charge is 2.22.